The van der Waals surface area contributed by atoms with Gasteiger partial charge in [0.15, 0.2) is 0 Å². The molecule has 0 unspecified atom stereocenters. The predicted octanol–water partition coefficient (Wildman–Crippen LogP) is 1.15. The van der Waals surface area contributed by atoms with Crippen molar-refractivity contribution >= 4 is 11.6 Å². The van der Waals surface area contributed by atoms with Crippen molar-refractivity contribution in [2.24, 2.45) is 0 Å². The standard InChI is InChI=1S/C17H27FN4O/c1-14(23)22-10-8-21(9-11-22)13-15-4-5-16(18)17(12-15)20(3)7-6-19-2/h4-5,12,19H,6-11,13H2,1-3H3. The van der Waals surface area contributed by atoms with Crippen LogP contribution in [0, 0.1) is 5.82 Å². The van der Waals surface area contributed by atoms with Gasteiger partial charge in [0.05, 0.1) is 5.69 Å². The Hall–Kier alpha value is -1.66. The highest BCUT2D eigenvalue weighted by Gasteiger charge is 2.19. The fourth-order valence-corrected chi connectivity index (χ4v) is 2.83. The van der Waals surface area contributed by atoms with Crippen molar-refractivity contribution in [1.29, 1.82) is 0 Å². The normalized spacial score (nSPS) is 15.7. The van der Waals surface area contributed by atoms with Gasteiger partial charge in [0.2, 0.25) is 5.91 Å². The van der Waals surface area contributed by atoms with Crippen LogP contribution in [0.4, 0.5) is 10.1 Å². The van der Waals surface area contributed by atoms with E-state index in [1.165, 1.54) is 0 Å². The van der Waals surface area contributed by atoms with Gasteiger partial charge in [0.25, 0.3) is 0 Å². The molecule has 1 saturated heterocycles. The maximum Gasteiger partial charge on any atom is 0.219 e. The van der Waals surface area contributed by atoms with Crippen molar-refractivity contribution in [3.63, 3.8) is 0 Å². The molecule has 0 atom stereocenters. The van der Waals surface area contributed by atoms with E-state index >= 15 is 0 Å². The molecule has 128 valence electrons. The molecule has 1 aromatic rings. The molecule has 6 heteroatoms. The van der Waals surface area contributed by atoms with Gasteiger partial charge in [0, 0.05) is 59.8 Å². The smallest absolute Gasteiger partial charge is 0.219 e. The highest BCUT2D eigenvalue weighted by atomic mass is 19.1. The van der Waals surface area contributed by atoms with Crippen LogP contribution >= 0.6 is 0 Å². The first-order chi connectivity index (χ1) is 11.0. The van der Waals surface area contributed by atoms with E-state index in [0.717, 1.165) is 51.4 Å². The van der Waals surface area contributed by atoms with Crippen LogP contribution < -0.4 is 10.2 Å². The number of carbonyl (C=O) groups excluding carboxylic acids is 1. The maximum absolute atomic E-state index is 14.0. The Bertz CT molecular complexity index is 529. The molecule has 1 N–H and O–H groups in total. The first kappa shape index (κ1) is 17.7. The molecule has 2 rings (SSSR count). The van der Waals surface area contributed by atoms with Gasteiger partial charge in [-0.05, 0) is 24.7 Å². The fourth-order valence-electron chi connectivity index (χ4n) is 2.83. The van der Waals surface area contributed by atoms with E-state index in [0.29, 0.717) is 5.69 Å². The van der Waals surface area contributed by atoms with Crippen molar-refractivity contribution in [3.8, 4) is 0 Å². The summed E-state index contributed by atoms with van der Waals surface area (Å²) in [6.07, 6.45) is 0. The quantitative estimate of drug-likeness (QED) is 0.853. The summed E-state index contributed by atoms with van der Waals surface area (Å²) in [7, 11) is 3.80. The Labute approximate surface area is 138 Å². The third-order valence-corrected chi connectivity index (χ3v) is 4.34. The lowest BCUT2D eigenvalue weighted by atomic mass is 10.1. The van der Waals surface area contributed by atoms with Gasteiger partial charge in [-0.15, -0.1) is 0 Å². The van der Waals surface area contributed by atoms with E-state index in [1.807, 2.05) is 36.0 Å². The fraction of sp³-hybridized carbons (Fsp3) is 0.588. The molecule has 1 aliphatic heterocycles. The van der Waals surface area contributed by atoms with Crippen LogP contribution in [0.2, 0.25) is 0 Å². The van der Waals surface area contributed by atoms with Gasteiger partial charge < -0.3 is 15.1 Å². The van der Waals surface area contributed by atoms with Gasteiger partial charge in [-0.2, -0.15) is 0 Å². The zero-order valence-electron chi connectivity index (χ0n) is 14.3. The molecule has 1 aliphatic rings. The minimum Gasteiger partial charge on any atom is -0.371 e. The summed E-state index contributed by atoms with van der Waals surface area (Å²) in [6, 6.07) is 5.33. The third-order valence-electron chi connectivity index (χ3n) is 4.34. The Morgan fingerprint density at radius 3 is 2.61 bits per heavy atom. The molecule has 0 aliphatic carbocycles. The molecular weight excluding hydrogens is 295 g/mol. The highest BCUT2D eigenvalue weighted by Crippen LogP contribution is 2.21. The monoisotopic (exact) mass is 322 g/mol. The van der Waals surface area contributed by atoms with Crippen molar-refractivity contribution in [2.75, 3.05) is 58.3 Å². The molecule has 1 amide bonds. The average molecular weight is 322 g/mol. The summed E-state index contributed by atoms with van der Waals surface area (Å²) in [5, 5.41) is 3.08. The summed E-state index contributed by atoms with van der Waals surface area (Å²) < 4.78 is 14.0. The number of nitrogens with zero attached hydrogens (tertiary/aromatic N) is 3. The number of piperazine rings is 1. The molecule has 0 bridgehead atoms. The van der Waals surface area contributed by atoms with E-state index in [2.05, 4.69) is 10.2 Å². The number of amides is 1. The van der Waals surface area contributed by atoms with Gasteiger partial charge in [-0.3, -0.25) is 9.69 Å². The van der Waals surface area contributed by atoms with Crippen LogP contribution in [0.3, 0.4) is 0 Å². The van der Waals surface area contributed by atoms with Gasteiger partial charge in [0.1, 0.15) is 5.82 Å². The van der Waals surface area contributed by atoms with Gasteiger partial charge in [-0.25, -0.2) is 4.39 Å². The lowest BCUT2D eigenvalue weighted by molar-refractivity contribution is -0.130. The van der Waals surface area contributed by atoms with Crippen LogP contribution in [0.5, 0.6) is 0 Å². The molecule has 0 saturated carbocycles. The van der Waals surface area contributed by atoms with Crippen molar-refractivity contribution in [3.05, 3.63) is 29.6 Å². The second-order valence-corrected chi connectivity index (χ2v) is 6.09. The topological polar surface area (TPSA) is 38.8 Å². The lowest BCUT2D eigenvalue weighted by Crippen LogP contribution is -2.47. The Kier molecular flexibility index (Phi) is 6.36. The molecule has 0 radical (unpaired) electrons. The van der Waals surface area contributed by atoms with Crippen molar-refractivity contribution in [2.45, 2.75) is 13.5 Å². The highest BCUT2D eigenvalue weighted by molar-refractivity contribution is 5.73. The minimum atomic E-state index is -0.186. The average Bonchev–Trinajstić information content (AvgIpc) is 2.55. The first-order valence-corrected chi connectivity index (χ1v) is 8.13. The van der Waals surface area contributed by atoms with Crippen LogP contribution in [0.15, 0.2) is 18.2 Å². The van der Waals surface area contributed by atoms with Crippen LogP contribution in [0.1, 0.15) is 12.5 Å². The van der Waals surface area contributed by atoms with E-state index in [4.69, 9.17) is 0 Å². The molecule has 1 heterocycles. The number of nitrogens with one attached hydrogen (secondary N) is 1. The van der Waals surface area contributed by atoms with Crippen LogP contribution in [0.25, 0.3) is 0 Å². The number of rotatable bonds is 6. The number of carbonyl (C=O) groups is 1. The predicted molar refractivity (Wildman–Crippen MR) is 91.1 cm³/mol. The summed E-state index contributed by atoms with van der Waals surface area (Å²) in [5.74, 6) is -0.0476. The molecule has 0 spiro atoms. The van der Waals surface area contributed by atoms with Crippen LogP contribution in [-0.2, 0) is 11.3 Å². The molecule has 0 aromatic heterocycles. The number of halogens is 1. The number of hydrogen-bond acceptors (Lipinski definition) is 4. The number of anilines is 1. The zero-order valence-corrected chi connectivity index (χ0v) is 14.3. The van der Waals surface area contributed by atoms with E-state index in [-0.39, 0.29) is 11.7 Å². The second kappa shape index (κ2) is 8.26. The largest absolute Gasteiger partial charge is 0.371 e. The molecule has 1 fully saturated rings. The molecular formula is C17H27FN4O. The lowest BCUT2D eigenvalue weighted by Gasteiger charge is -2.34. The number of benzene rings is 1. The zero-order chi connectivity index (χ0) is 16.8. The second-order valence-electron chi connectivity index (χ2n) is 6.09. The van der Waals surface area contributed by atoms with E-state index in [9.17, 15) is 9.18 Å². The minimum absolute atomic E-state index is 0.139. The summed E-state index contributed by atoms with van der Waals surface area (Å²) in [4.78, 5) is 17.5. The molecule has 1 aromatic carbocycles. The van der Waals surface area contributed by atoms with Crippen molar-refractivity contribution < 1.29 is 9.18 Å². The molecule has 23 heavy (non-hydrogen) atoms. The summed E-state index contributed by atoms with van der Waals surface area (Å²) in [5.41, 5.74) is 1.74. The number of likely N-dealkylation sites (N-methyl/N-ethyl adjacent to an activating group) is 2. The van der Waals surface area contributed by atoms with E-state index < -0.39 is 0 Å². The Morgan fingerprint density at radius 1 is 1.30 bits per heavy atom. The third kappa shape index (κ3) is 4.91. The summed E-state index contributed by atoms with van der Waals surface area (Å²) in [6.45, 7) is 7.24. The Balaban J connectivity index is 1.97. The van der Waals surface area contributed by atoms with E-state index in [1.54, 1.807) is 13.0 Å². The van der Waals surface area contributed by atoms with Gasteiger partial charge >= 0.3 is 0 Å². The molecule has 5 nitrogen and oxygen atoms in total. The van der Waals surface area contributed by atoms with Gasteiger partial charge in [-0.1, -0.05) is 6.07 Å². The first-order valence-electron chi connectivity index (χ1n) is 8.13. The van der Waals surface area contributed by atoms with Crippen LogP contribution in [-0.4, -0.2) is 69.1 Å². The maximum atomic E-state index is 14.0. The Morgan fingerprint density at radius 2 is 2.00 bits per heavy atom. The summed E-state index contributed by atoms with van der Waals surface area (Å²) >= 11 is 0. The SMILES string of the molecule is CNCCN(C)c1cc(CN2CCN(C(C)=O)CC2)ccc1F. The number of hydrogen-bond donors (Lipinski definition) is 1. The van der Waals surface area contributed by atoms with Crippen molar-refractivity contribution in [1.82, 2.24) is 15.1 Å².